The van der Waals surface area contributed by atoms with Gasteiger partial charge in [-0.05, 0) is 109 Å². The van der Waals surface area contributed by atoms with Crippen molar-refractivity contribution in [2.75, 3.05) is 4.90 Å². The zero-order valence-electron chi connectivity index (χ0n) is 32.9. The summed E-state index contributed by atoms with van der Waals surface area (Å²) >= 11 is 1.86. The summed E-state index contributed by atoms with van der Waals surface area (Å²) in [4.78, 5) is 2.46. The number of benzene rings is 10. The van der Waals surface area contributed by atoms with E-state index >= 15 is 0 Å². The fourth-order valence-corrected chi connectivity index (χ4v) is 9.84. The molecule has 0 saturated heterocycles. The lowest BCUT2D eigenvalue weighted by atomic mass is 9.96. The van der Waals surface area contributed by atoms with E-state index in [-0.39, 0.29) is 0 Å². The van der Waals surface area contributed by atoms with E-state index in [1.54, 1.807) is 0 Å². The number of rotatable bonds is 8. The summed E-state index contributed by atoms with van der Waals surface area (Å²) in [6, 6.07) is 86.1. The number of thiophene rings is 1. The second kappa shape index (κ2) is 15.3. The lowest BCUT2D eigenvalue weighted by molar-refractivity contribution is 1.30. The van der Waals surface area contributed by atoms with Crippen LogP contribution >= 0.6 is 11.3 Å². The van der Waals surface area contributed by atoms with Gasteiger partial charge >= 0.3 is 0 Å². The van der Waals surface area contributed by atoms with Crippen LogP contribution in [0.3, 0.4) is 0 Å². The monoisotopic (exact) mass is 781 g/mol. The third kappa shape index (κ3) is 6.63. The van der Waals surface area contributed by atoms with E-state index in [1.807, 2.05) is 11.3 Å². The summed E-state index contributed by atoms with van der Waals surface area (Å²) in [6.07, 6.45) is 0. The van der Waals surface area contributed by atoms with Gasteiger partial charge in [0.25, 0.3) is 0 Å². The van der Waals surface area contributed by atoms with E-state index in [4.69, 9.17) is 0 Å². The van der Waals surface area contributed by atoms with Crippen molar-refractivity contribution in [3.63, 3.8) is 0 Å². The Morgan fingerprint density at radius 2 is 0.767 bits per heavy atom. The molecule has 1 nitrogen and oxygen atoms in total. The van der Waals surface area contributed by atoms with Crippen LogP contribution in [0.4, 0.5) is 17.1 Å². The van der Waals surface area contributed by atoms with Gasteiger partial charge in [0.05, 0.1) is 16.1 Å². The highest BCUT2D eigenvalue weighted by molar-refractivity contribution is 7.26. The Morgan fingerprint density at radius 1 is 0.283 bits per heavy atom. The molecule has 0 radical (unpaired) electrons. The molecule has 0 aliphatic rings. The van der Waals surface area contributed by atoms with Gasteiger partial charge in [-0.2, -0.15) is 0 Å². The highest BCUT2D eigenvalue weighted by atomic mass is 32.1. The van der Waals surface area contributed by atoms with E-state index in [0.717, 1.165) is 11.4 Å². The SMILES string of the molecule is c1ccc(-c2cccc(-c3ccccc3N(c3ccc(-c4ccc(-c5cccc(-c6ccc7ccccc7c6)c5)cc4)cc3)c3cccc4c3sc3ccccc34)c2)cc1. The normalized spacial score (nSPS) is 11.3. The Kier molecular flexibility index (Phi) is 9.11. The van der Waals surface area contributed by atoms with Gasteiger partial charge < -0.3 is 4.90 Å². The molecule has 0 aliphatic heterocycles. The molecular formula is C58H39NS. The lowest BCUT2D eigenvalue weighted by Gasteiger charge is -2.28. The Labute approximate surface area is 354 Å². The summed E-state index contributed by atoms with van der Waals surface area (Å²) < 4.78 is 2.57. The fraction of sp³-hybridized carbons (Fsp3) is 0. The van der Waals surface area contributed by atoms with Crippen molar-refractivity contribution >= 4 is 59.3 Å². The van der Waals surface area contributed by atoms with Crippen molar-refractivity contribution < 1.29 is 0 Å². The molecule has 10 aromatic carbocycles. The van der Waals surface area contributed by atoms with Gasteiger partial charge in [0.1, 0.15) is 0 Å². The van der Waals surface area contributed by atoms with Crippen LogP contribution < -0.4 is 4.90 Å². The van der Waals surface area contributed by atoms with Crippen LogP contribution in [0.15, 0.2) is 237 Å². The minimum atomic E-state index is 1.11. The van der Waals surface area contributed by atoms with Crippen molar-refractivity contribution in [2.24, 2.45) is 0 Å². The minimum Gasteiger partial charge on any atom is -0.308 e. The number of para-hydroxylation sites is 1. The van der Waals surface area contributed by atoms with Crippen LogP contribution in [0.2, 0.25) is 0 Å². The predicted molar refractivity (Wildman–Crippen MR) is 259 cm³/mol. The van der Waals surface area contributed by atoms with E-state index in [1.165, 1.54) is 92.3 Å². The summed E-state index contributed by atoms with van der Waals surface area (Å²) in [5, 5.41) is 5.09. The molecule has 60 heavy (non-hydrogen) atoms. The summed E-state index contributed by atoms with van der Waals surface area (Å²) in [5.41, 5.74) is 15.4. The van der Waals surface area contributed by atoms with E-state index < -0.39 is 0 Å². The highest BCUT2D eigenvalue weighted by Crippen LogP contribution is 2.47. The molecule has 1 heterocycles. The Bertz CT molecular complexity index is 3310. The summed E-state index contributed by atoms with van der Waals surface area (Å²) in [5.74, 6) is 0. The van der Waals surface area contributed by atoms with Gasteiger partial charge in [0.15, 0.2) is 0 Å². The van der Waals surface area contributed by atoms with Crippen molar-refractivity contribution in [1.82, 2.24) is 0 Å². The number of hydrogen-bond donors (Lipinski definition) is 0. The Balaban J connectivity index is 0.968. The maximum atomic E-state index is 2.46. The molecule has 0 unspecified atom stereocenters. The maximum Gasteiger partial charge on any atom is 0.0640 e. The zero-order chi connectivity index (χ0) is 39.8. The number of fused-ring (bicyclic) bond motifs is 4. The second-order valence-electron chi connectivity index (χ2n) is 15.3. The highest BCUT2D eigenvalue weighted by Gasteiger charge is 2.21. The van der Waals surface area contributed by atoms with Gasteiger partial charge in [0, 0.05) is 26.7 Å². The first-order valence-corrected chi connectivity index (χ1v) is 21.3. The van der Waals surface area contributed by atoms with Crippen LogP contribution in [0.25, 0.3) is 86.6 Å². The van der Waals surface area contributed by atoms with Crippen molar-refractivity contribution in [2.45, 2.75) is 0 Å². The smallest absolute Gasteiger partial charge is 0.0640 e. The maximum absolute atomic E-state index is 2.46. The van der Waals surface area contributed by atoms with Crippen LogP contribution in [0.1, 0.15) is 0 Å². The molecule has 0 bridgehead atoms. The number of hydrogen-bond acceptors (Lipinski definition) is 2. The van der Waals surface area contributed by atoms with Gasteiger partial charge in [0.2, 0.25) is 0 Å². The molecular weight excluding hydrogens is 743 g/mol. The van der Waals surface area contributed by atoms with Crippen LogP contribution in [0.5, 0.6) is 0 Å². The standard InChI is InChI=1S/C58H39NS/c1-2-13-40(14-3-1)47-18-11-20-50(39-47)52-21-6-8-24-55(52)59(56-25-12-23-54-53-22-7-9-26-57(53)60-58(54)56)51-35-33-43(34-36-51)42-27-29-44(30-28-42)46-17-10-19-48(37-46)49-32-31-41-15-4-5-16-45(41)38-49/h1-39H. The molecule has 0 spiro atoms. The molecule has 0 N–H and O–H groups in total. The van der Waals surface area contributed by atoms with Crippen molar-refractivity contribution in [3.8, 4) is 55.6 Å². The fourth-order valence-electron chi connectivity index (χ4n) is 8.63. The topological polar surface area (TPSA) is 3.24 Å². The number of anilines is 3. The molecule has 0 amide bonds. The molecule has 0 aliphatic carbocycles. The zero-order valence-corrected chi connectivity index (χ0v) is 33.7. The largest absolute Gasteiger partial charge is 0.308 e. The third-order valence-electron chi connectivity index (χ3n) is 11.7. The molecule has 11 rings (SSSR count). The van der Waals surface area contributed by atoms with E-state index in [9.17, 15) is 0 Å². The summed E-state index contributed by atoms with van der Waals surface area (Å²) in [7, 11) is 0. The first kappa shape index (κ1) is 35.6. The average molecular weight is 782 g/mol. The minimum absolute atomic E-state index is 1.11. The van der Waals surface area contributed by atoms with Gasteiger partial charge in [-0.25, -0.2) is 0 Å². The molecule has 0 fully saturated rings. The van der Waals surface area contributed by atoms with Crippen LogP contribution in [-0.2, 0) is 0 Å². The summed E-state index contributed by atoms with van der Waals surface area (Å²) in [6.45, 7) is 0. The first-order valence-electron chi connectivity index (χ1n) is 20.5. The molecule has 2 heteroatoms. The molecule has 0 atom stereocenters. The molecule has 282 valence electrons. The van der Waals surface area contributed by atoms with Gasteiger partial charge in [-0.3, -0.25) is 0 Å². The second-order valence-corrected chi connectivity index (χ2v) is 16.4. The molecule has 1 aromatic heterocycles. The van der Waals surface area contributed by atoms with Crippen molar-refractivity contribution in [3.05, 3.63) is 237 Å². The molecule has 0 saturated carbocycles. The Hall–Kier alpha value is -7.52. The Morgan fingerprint density at radius 3 is 1.55 bits per heavy atom. The van der Waals surface area contributed by atoms with E-state index in [2.05, 4.69) is 241 Å². The molecule has 11 aromatic rings. The lowest BCUT2D eigenvalue weighted by Crippen LogP contribution is -2.11. The van der Waals surface area contributed by atoms with Crippen LogP contribution in [-0.4, -0.2) is 0 Å². The third-order valence-corrected chi connectivity index (χ3v) is 12.9. The van der Waals surface area contributed by atoms with Crippen LogP contribution in [0, 0.1) is 0 Å². The predicted octanol–water partition coefficient (Wildman–Crippen LogP) is 17.0. The average Bonchev–Trinajstić information content (AvgIpc) is 3.72. The quantitative estimate of drug-likeness (QED) is 0.148. The van der Waals surface area contributed by atoms with E-state index in [0.29, 0.717) is 0 Å². The van der Waals surface area contributed by atoms with Crippen molar-refractivity contribution in [1.29, 1.82) is 0 Å². The number of nitrogens with zero attached hydrogens (tertiary/aromatic N) is 1. The first-order chi connectivity index (χ1) is 29.7. The van der Waals surface area contributed by atoms with Gasteiger partial charge in [-0.1, -0.05) is 188 Å². The van der Waals surface area contributed by atoms with Gasteiger partial charge in [-0.15, -0.1) is 11.3 Å².